The first-order valence-corrected chi connectivity index (χ1v) is 10.7. The zero-order chi connectivity index (χ0) is 19.3. The summed E-state index contributed by atoms with van der Waals surface area (Å²) in [5, 5.41) is 19.3. The first-order chi connectivity index (χ1) is 12.5. The lowest BCUT2D eigenvalue weighted by molar-refractivity contribution is -0.941. The molecule has 3 nitrogen and oxygen atoms in total. The number of aliphatic hydroxyl groups excluding tert-OH is 2. The normalized spacial score (nSPS) is 11.4. The van der Waals surface area contributed by atoms with Crippen molar-refractivity contribution in [1.29, 1.82) is 0 Å². The van der Waals surface area contributed by atoms with Crippen LogP contribution in [0.25, 0.3) is 0 Å². The van der Waals surface area contributed by atoms with Gasteiger partial charge in [-0.15, -0.1) is 0 Å². The SMILES string of the molecule is CCCCCCCCCC[N+](CCO)(CCO)Cc1cc(C)cc(C)c1.[Cl-]. The molecule has 0 radical (unpaired) electrons. The van der Waals surface area contributed by atoms with Crippen LogP contribution >= 0.6 is 0 Å². The Hall–Kier alpha value is -0.610. The Labute approximate surface area is 173 Å². The molecule has 27 heavy (non-hydrogen) atoms. The van der Waals surface area contributed by atoms with Gasteiger partial charge in [-0.3, -0.25) is 0 Å². The van der Waals surface area contributed by atoms with Gasteiger partial charge in [-0.25, -0.2) is 0 Å². The van der Waals surface area contributed by atoms with Crippen molar-refractivity contribution in [2.75, 3.05) is 32.8 Å². The molecule has 0 aliphatic heterocycles. The molecule has 0 saturated heterocycles. The van der Waals surface area contributed by atoms with Crippen molar-refractivity contribution in [2.45, 2.75) is 78.7 Å². The van der Waals surface area contributed by atoms with Crippen LogP contribution in [0.5, 0.6) is 0 Å². The molecule has 1 rings (SSSR count). The molecule has 0 atom stereocenters. The van der Waals surface area contributed by atoms with Gasteiger partial charge in [0.2, 0.25) is 0 Å². The van der Waals surface area contributed by atoms with Gasteiger partial charge in [0.05, 0.1) is 19.8 Å². The van der Waals surface area contributed by atoms with E-state index in [2.05, 4.69) is 39.0 Å². The zero-order valence-corrected chi connectivity index (χ0v) is 18.6. The predicted octanol–water partition coefficient (Wildman–Crippen LogP) is 1.75. The second-order valence-electron chi connectivity index (χ2n) is 8.09. The summed E-state index contributed by atoms with van der Waals surface area (Å²) in [7, 11) is 0. The monoisotopic (exact) mass is 399 g/mol. The average molecular weight is 400 g/mol. The van der Waals surface area contributed by atoms with E-state index in [1.807, 2.05) is 0 Å². The number of quaternary nitrogens is 1. The number of hydrogen-bond donors (Lipinski definition) is 2. The number of unbranched alkanes of at least 4 members (excludes halogenated alkanes) is 7. The summed E-state index contributed by atoms with van der Waals surface area (Å²) in [4.78, 5) is 0. The molecule has 0 aromatic heterocycles. The molecular formula is C23H42ClNO2. The summed E-state index contributed by atoms with van der Waals surface area (Å²) in [6, 6.07) is 6.71. The molecule has 0 bridgehead atoms. The zero-order valence-electron chi connectivity index (χ0n) is 17.9. The Kier molecular flexibility index (Phi) is 15.0. The Morgan fingerprint density at radius 2 is 1.19 bits per heavy atom. The van der Waals surface area contributed by atoms with Gasteiger partial charge in [-0.2, -0.15) is 0 Å². The van der Waals surface area contributed by atoms with Crippen molar-refractivity contribution in [3.05, 3.63) is 34.9 Å². The highest BCUT2D eigenvalue weighted by Crippen LogP contribution is 2.19. The molecule has 0 unspecified atom stereocenters. The molecular weight excluding hydrogens is 358 g/mol. The van der Waals surface area contributed by atoms with Crippen LogP contribution in [-0.4, -0.2) is 47.5 Å². The molecule has 0 saturated carbocycles. The second-order valence-corrected chi connectivity index (χ2v) is 8.09. The lowest BCUT2D eigenvalue weighted by Gasteiger charge is -2.38. The van der Waals surface area contributed by atoms with E-state index in [9.17, 15) is 10.2 Å². The molecule has 0 aliphatic rings. The third kappa shape index (κ3) is 11.1. The highest BCUT2D eigenvalue weighted by Gasteiger charge is 2.26. The number of aryl methyl sites for hydroxylation is 2. The Balaban J connectivity index is 0.00000676. The number of hydrogen-bond acceptors (Lipinski definition) is 2. The fourth-order valence-electron chi connectivity index (χ4n) is 4.13. The van der Waals surface area contributed by atoms with Gasteiger partial charge in [0.25, 0.3) is 0 Å². The van der Waals surface area contributed by atoms with Crippen molar-refractivity contribution in [3.63, 3.8) is 0 Å². The van der Waals surface area contributed by atoms with Crippen LogP contribution in [0.3, 0.4) is 0 Å². The first kappa shape index (κ1) is 26.4. The van der Waals surface area contributed by atoms with E-state index in [4.69, 9.17) is 0 Å². The van der Waals surface area contributed by atoms with Crippen LogP contribution in [0.1, 0.15) is 75.0 Å². The summed E-state index contributed by atoms with van der Waals surface area (Å²) in [6.45, 7) is 10.3. The van der Waals surface area contributed by atoms with E-state index in [1.54, 1.807) is 0 Å². The molecule has 0 aliphatic carbocycles. The van der Waals surface area contributed by atoms with E-state index in [0.29, 0.717) is 0 Å². The summed E-state index contributed by atoms with van der Waals surface area (Å²) < 4.78 is 0.797. The number of halogens is 1. The topological polar surface area (TPSA) is 40.5 Å². The van der Waals surface area contributed by atoms with Gasteiger partial charge in [-0.05, 0) is 26.7 Å². The lowest BCUT2D eigenvalue weighted by Crippen LogP contribution is -3.00. The maximum absolute atomic E-state index is 9.64. The van der Waals surface area contributed by atoms with Crippen LogP contribution in [-0.2, 0) is 6.54 Å². The quantitative estimate of drug-likeness (QED) is 0.348. The Morgan fingerprint density at radius 1 is 0.704 bits per heavy atom. The maximum atomic E-state index is 9.64. The second kappa shape index (κ2) is 15.3. The molecule has 0 fully saturated rings. The third-order valence-corrected chi connectivity index (χ3v) is 5.43. The molecule has 1 aromatic rings. The van der Waals surface area contributed by atoms with E-state index in [1.165, 1.54) is 68.1 Å². The highest BCUT2D eigenvalue weighted by molar-refractivity contribution is 5.28. The number of rotatable bonds is 15. The minimum atomic E-state index is 0. The Bertz CT molecular complexity index is 467. The summed E-state index contributed by atoms with van der Waals surface area (Å²) in [6.07, 6.45) is 10.5. The van der Waals surface area contributed by atoms with E-state index in [-0.39, 0.29) is 25.6 Å². The standard InChI is InChI=1S/C23H42NO2.ClH/c1-4-5-6-7-8-9-10-11-12-24(13-15-25,14-16-26)20-23-18-21(2)17-22(3)19-23;/h17-19,25-26H,4-16,20H2,1-3H3;1H/q+1;/p-1. The molecule has 4 heteroatoms. The van der Waals surface area contributed by atoms with Crippen LogP contribution in [0.4, 0.5) is 0 Å². The number of benzene rings is 1. The van der Waals surface area contributed by atoms with E-state index in [0.717, 1.165) is 30.7 Å². The minimum Gasteiger partial charge on any atom is -1.00 e. The van der Waals surface area contributed by atoms with E-state index >= 15 is 0 Å². The summed E-state index contributed by atoms with van der Waals surface area (Å²) in [5.74, 6) is 0. The minimum absolute atomic E-state index is 0. The van der Waals surface area contributed by atoms with Gasteiger partial charge in [0, 0.05) is 5.56 Å². The van der Waals surface area contributed by atoms with Gasteiger partial charge in [0.1, 0.15) is 19.6 Å². The van der Waals surface area contributed by atoms with Gasteiger partial charge in [0.15, 0.2) is 0 Å². The van der Waals surface area contributed by atoms with Gasteiger partial charge >= 0.3 is 0 Å². The molecule has 1 aromatic carbocycles. The predicted molar refractivity (Wildman–Crippen MR) is 111 cm³/mol. The van der Waals surface area contributed by atoms with Crippen molar-refractivity contribution in [2.24, 2.45) is 0 Å². The molecule has 0 spiro atoms. The van der Waals surface area contributed by atoms with Crippen LogP contribution < -0.4 is 12.4 Å². The molecule has 0 heterocycles. The first-order valence-electron chi connectivity index (χ1n) is 10.7. The summed E-state index contributed by atoms with van der Waals surface area (Å²) in [5.41, 5.74) is 3.90. The maximum Gasteiger partial charge on any atom is 0.105 e. The van der Waals surface area contributed by atoms with Crippen molar-refractivity contribution < 1.29 is 27.1 Å². The number of nitrogens with zero attached hydrogens (tertiary/aromatic N) is 1. The third-order valence-electron chi connectivity index (χ3n) is 5.43. The van der Waals surface area contributed by atoms with Crippen molar-refractivity contribution >= 4 is 0 Å². The fourth-order valence-corrected chi connectivity index (χ4v) is 4.13. The van der Waals surface area contributed by atoms with Crippen molar-refractivity contribution in [3.8, 4) is 0 Å². The molecule has 2 N–H and O–H groups in total. The highest BCUT2D eigenvalue weighted by atomic mass is 35.5. The van der Waals surface area contributed by atoms with Crippen LogP contribution in [0.2, 0.25) is 0 Å². The van der Waals surface area contributed by atoms with Crippen LogP contribution in [0.15, 0.2) is 18.2 Å². The van der Waals surface area contributed by atoms with E-state index < -0.39 is 0 Å². The van der Waals surface area contributed by atoms with Crippen LogP contribution in [0, 0.1) is 13.8 Å². The lowest BCUT2D eigenvalue weighted by atomic mass is 10.0. The Morgan fingerprint density at radius 3 is 1.67 bits per heavy atom. The fraction of sp³-hybridized carbons (Fsp3) is 0.739. The smallest absolute Gasteiger partial charge is 0.105 e. The summed E-state index contributed by atoms with van der Waals surface area (Å²) >= 11 is 0. The van der Waals surface area contributed by atoms with Crippen molar-refractivity contribution in [1.82, 2.24) is 0 Å². The largest absolute Gasteiger partial charge is 1.00 e. The van der Waals surface area contributed by atoms with Gasteiger partial charge < -0.3 is 27.1 Å². The average Bonchev–Trinajstić information content (AvgIpc) is 2.57. The van der Waals surface area contributed by atoms with Gasteiger partial charge in [-0.1, -0.05) is 74.8 Å². The number of aliphatic hydroxyl groups is 2. The molecule has 158 valence electrons. The molecule has 0 amide bonds.